The largest absolute Gasteiger partial charge is 0.468 e. The fraction of sp³-hybridized carbons (Fsp3) is 0.500. The van der Waals surface area contributed by atoms with E-state index in [0.29, 0.717) is 11.6 Å². The van der Waals surface area contributed by atoms with Gasteiger partial charge < -0.3 is 14.1 Å². The fourth-order valence-electron chi connectivity index (χ4n) is 4.02. The molecule has 2 aliphatic heterocycles. The van der Waals surface area contributed by atoms with E-state index in [1.54, 1.807) is 24.7 Å². The summed E-state index contributed by atoms with van der Waals surface area (Å²) in [6.45, 7) is 3.02. The molecule has 2 aromatic rings. The molecule has 1 spiro atoms. The second kappa shape index (κ2) is 7.21. The van der Waals surface area contributed by atoms with Gasteiger partial charge in [0.15, 0.2) is 0 Å². The van der Waals surface area contributed by atoms with Gasteiger partial charge in [-0.15, -0.1) is 0 Å². The van der Waals surface area contributed by atoms with E-state index < -0.39 is 0 Å². The summed E-state index contributed by atoms with van der Waals surface area (Å²) in [7, 11) is 2.12. The van der Waals surface area contributed by atoms with E-state index in [2.05, 4.69) is 16.9 Å². The highest BCUT2D eigenvalue weighted by atomic mass is 16.5. The number of aromatic nitrogens is 1. The van der Waals surface area contributed by atoms with Crippen LogP contribution in [0.4, 0.5) is 0 Å². The number of likely N-dealkylation sites (tertiary alicyclic amines) is 1. The minimum absolute atomic E-state index is 0.0671. The molecule has 1 amide bonds. The number of hydrogen-bond donors (Lipinski definition) is 0. The number of hydrogen-bond acceptors (Lipinski definition) is 5. The van der Waals surface area contributed by atoms with Gasteiger partial charge in [0.25, 0.3) is 5.91 Å². The molecule has 6 nitrogen and oxygen atoms in total. The van der Waals surface area contributed by atoms with Crippen molar-refractivity contribution in [1.29, 1.82) is 0 Å². The highest BCUT2D eigenvalue weighted by Crippen LogP contribution is 2.38. The van der Waals surface area contributed by atoms with Gasteiger partial charge in [0.2, 0.25) is 0 Å². The van der Waals surface area contributed by atoms with Crippen LogP contribution in [0.5, 0.6) is 0 Å². The zero-order valence-electron chi connectivity index (χ0n) is 15.1. The number of piperidine rings is 1. The maximum Gasteiger partial charge on any atom is 0.255 e. The number of amides is 1. The number of carbonyl (C=O) groups excluding carboxylic acids is 1. The van der Waals surface area contributed by atoms with Crippen molar-refractivity contribution in [2.24, 2.45) is 0 Å². The van der Waals surface area contributed by atoms with E-state index in [4.69, 9.17) is 9.15 Å². The van der Waals surface area contributed by atoms with E-state index in [0.717, 1.165) is 51.3 Å². The third-order valence-corrected chi connectivity index (χ3v) is 5.67. The lowest BCUT2D eigenvalue weighted by molar-refractivity contribution is -0.0393. The van der Waals surface area contributed by atoms with Crippen LogP contribution in [0, 0.1) is 0 Å². The van der Waals surface area contributed by atoms with Crippen LogP contribution in [0.3, 0.4) is 0 Å². The molecule has 0 aromatic carbocycles. The molecule has 26 heavy (non-hydrogen) atoms. The van der Waals surface area contributed by atoms with Crippen molar-refractivity contribution < 1.29 is 13.9 Å². The van der Waals surface area contributed by atoms with Crippen molar-refractivity contribution in [3.8, 4) is 0 Å². The number of ether oxygens (including phenoxy) is 1. The molecule has 2 aliphatic rings. The van der Waals surface area contributed by atoms with Crippen LogP contribution < -0.4 is 0 Å². The molecule has 0 saturated carbocycles. The average Bonchev–Trinajstić information content (AvgIpc) is 3.33. The van der Waals surface area contributed by atoms with Crippen LogP contribution in [0.15, 0.2) is 47.3 Å². The average molecular weight is 355 g/mol. The molecule has 4 rings (SSSR count). The second-order valence-corrected chi connectivity index (χ2v) is 7.38. The number of rotatable bonds is 4. The summed E-state index contributed by atoms with van der Waals surface area (Å²) in [5, 5.41) is 0. The quantitative estimate of drug-likeness (QED) is 0.844. The normalized spacial score (nSPS) is 22.2. The molecule has 4 heterocycles. The number of furan rings is 1. The van der Waals surface area contributed by atoms with E-state index in [1.807, 2.05) is 23.1 Å². The molecule has 138 valence electrons. The Hall–Kier alpha value is -2.18. The first kappa shape index (κ1) is 17.2. The summed E-state index contributed by atoms with van der Waals surface area (Å²) in [5.41, 5.74) is 0.570. The monoisotopic (exact) mass is 355 g/mol. The SMILES string of the molecule is CN(Cc1ccco1)C1COC2(CCN(C(=O)c3cccnc3)CC2)C1. The van der Waals surface area contributed by atoms with Gasteiger partial charge in [0.1, 0.15) is 5.76 Å². The van der Waals surface area contributed by atoms with Gasteiger partial charge in [-0.25, -0.2) is 0 Å². The second-order valence-electron chi connectivity index (χ2n) is 7.38. The predicted octanol–water partition coefficient (Wildman–Crippen LogP) is 2.57. The molecule has 0 N–H and O–H groups in total. The van der Waals surface area contributed by atoms with Crippen LogP contribution in [-0.2, 0) is 11.3 Å². The van der Waals surface area contributed by atoms with Gasteiger partial charge in [-0.2, -0.15) is 0 Å². The first-order chi connectivity index (χ1) is 12.7. The molecule has 2 saturated heterocycles. The highest BCUT2D eigenvalue weighted by molar-refractivity contribution is 5.93. The Bertz CT molecular complexity index is 724. The number of nitrogens with zero attached hydrogens (tertiary/aromatic N) is 3. The maximum atomic E-state index is 12.6. The minimum Gasteiger partial charge on any atom is -0.468 e. The molecular formula is C20H25N3O3. The summed E-state index contributed by atoms with van der Waals surface area (Å²) >= 11 is 0. The standard InChI is InChI=1S/C20H25N3O3/c1-22(14-18-5-3-11-25-18)17-12-20(26-15-17)6-9-23(10-7-20)19(24)16-4-2-8-21-13-16/h2-5,8,11,13,17H,6-7,9-10,12,14-15H2,1H3. The Morgan fingerprint density at radius 3 is 2.88 bits per heavy atom. The first-order valence-electron chi connectivity index (χ1n) is 9.21. The molecule has 6 heteroatoms. The lowest BCUT2D eigenvalue weighted by Crippen LogP contribution is -2.47. The summed E-state index contributed by atoms with van der Waals surface area (Å²) < 4.78 is 11.7. The van der Waals surface area contributed by atoms with Gasteiger partial charge in [0, 0.05) is 31.5 Å². The van der Waals surface area contributed by atoms with Crippen LogP contribution in [0.1, 0.15) is 35.4 Å². The Morgan fingerprint density at radius 2 is 2.19 bits per heavy atom. The van der Waals surface area contributed by atoms with Gasteiger partial charge >= 0.3 is 0 Å². The third-order valence-electron chi connectivity index (χ3n) is 5.67. The molecule has 0 aliphatic carbocycles. The van der Waals surface area contributed by atoms with Crippen molar-refractivity contribution in [1.82, 2.24) is 14.8 Å². The summed E-state index contributed by atoms with van der Waals surface area (Å²) in [4.78, 5) is 20.9. The van der Waals surface area contributed by atoms with Gasteiger partial charge in [-0.1, -0.05) is 0 Å². The summed E-state index contributed by atoms with van der Waals surface area (Å²) in [6.07, 6.45) is 7.84. The van der Waals surface area contributed by atoms with Crippen LogP contribution in [0.25, 0.3) is 0 Å². The van der Waals surface area contributed by atoms with Crippen molar-refractivity contribution >= 4 is 5.91 Å². The van der Waals surface area contributed by atoms with E-state index in [1.165, 1.54) is 0 Å². The molecule has 2 aromatic heterocycles. The summed E-state index contributed by atoms with van der Waals surface area (Å²) in [6, 6.07) is 7.94. The van der Waals surface area contributed by atoms with Crippen molar-refractivity contribution in [2.45, 2.75) is 37.5 Å². The molecule has 2 fully saturated rings. The topological polar surface area (TPSA) is 58.8 Å². The van der Waals surface area contributed by atoms with E-state index in [9.17, 15) is 4.79 Å². The van der Waals surface area contributed by atoms with Crippen molar-refractivity contribution in [3.05, 3.63) is 54.2 Å². The van der Waals surface area contributed by atoms with Crippen molar-refractivity contribution in [2.75, 3.05) is 26.7 Å². The molecule has 1 unspecified atom stereocenters. The maximum absolute atomic E-state index is 12.6. The smallest absolute Gasteiger partial charge is 0.255 e. The molecule has 1 atom stereocenters. The van der Waals surface area contributed by atoms with E-state index in [-0.39, 0.29) is 11.5 Å². The lowest BCUT2D eigenvalue weighted by atomic mass is 9.87. The van der Waals surface area contributed by atoms with Crippen molar-refractivity contribution in [3.63, 3.8) is 0 Å². The summed E-state index contributed by atoms with van der Waals surface area (Å²) in [5.74, 6) is 1.04. The Balaban J connectivity index is 1.32. The van der Waals surface area contributed by atoms with E-state index >= 15 is 0 Å². The van der Waals surface area contributed by atoms with Gasteiger partial charge in [-0.3, -0.25) is 14.7 Å². The lowest BCUT2D eigenvalue weighted by Gasteiger charge is -2.39. The third kappa shape index (κ3) is 3.52. The zero-order valence-corrected chi connectivity index (χ0v) is 15.1. The molecular weight excluding hydrogens is 330 g/mol. The Labute approximate surface area is 153 Å². The first-order valence-corrected chi connectivity index (χ1v) is 9.21. The van der Waals surface area contributed by atoms with Crippen LogP contribution >= 0.6 is 0 Å². The predicted molar refractivity (Wildman–Crippen MR) is 96.6 cm³/mol. The number of pyridine rings is 1. The van der Waals surface area contributed by atoms with Gasteiger partial charge in [-0.05, 0) is 50.6 Å². The number of likely N-dealkylation sites (N-methyl/N-ethyl adjacent to an activating group) is 1. The van der Waals surface area contributed by atoms with Crippen LogP contribution in [-0.4, -0.2) is 59.1 Å². The Kier molecular flexibility index (Phi) is 4.78. The highest BCUT2D eigenvalue weighted by Gasteiger charge is 2.44. The minimum atomic E-state index is -0.0895. The fourth-order valence-corrected chi connectivity index (χ4v) is 4.02. The van der Waals surface area contributed by atoms with Crippen LogP contribution in [0.2, 0.25) is 0 Å². The van der Waals surface area contributed by atoms with Gasteiger partial charge in [0.05, 0.1) is 30.6 Å². The zero-order chi connectivity index (χ0) is 18.0. The molecule has 0 radical (unpaired) electrons. The molecule has 0 bridgehead atoms. The Morgan fingerprint density at radius 1 is 1.35 bits per heavy atom. The number of carbonyl (C=O) groups is 1.